The maximum Gasteiger partial charge on any atom is 0.258 e. The minimum atomic E-state index is -0.203. The molecule has 1 aromatic carbocycles. The lowest BCUT2D eigenvalue weighted by molar-refractivity contribution is 0.102. The number of amides is 1. The molecule has 8 nitrogen and oxygen atoms in total. The van der Waals surface area contributed by atoms with Crippen molar-refractivity contribution in [2.45, 2.75) is 25.7 Å². The van der Waals surface area contributed by atoms with Crippen LogP contribution in [0.2, 0.25) is 0 Å². The summed E-state index contributed by atoms with van der Waals surface area (Å²) in [7, 11) is 1.80. The molecule has 2 aromatic heterocycles. The summed E-state index contributed by atoms with van der Waals surface area (Å²) >= 11 is 0. The fraction of sp³-hybridized carbons (Fsp3) is 0.368. The lowest BCUT2D eigenvalue weighted by Crippen LogP contribution is -2.27. The van der Waals surface area contributed by atoms with Gasteiger partial charge in [0.25, 0.3) is 5.91 Å². The molecule has 140 valence electrons. The standard InChI is InChI=1S/C19H23N7O/c1-13-11-21-26(12-13)16-5-3-15(4-6-16)18(27)23-19-22-17(24-25(19)2)14-7-9-20-10-8-14/h3-6,11-12,14,20H,7-10H2,1-2H3,(H,22,23,24,27). The first-order valence-electron chi connectivity index (χ1n) is 9.15. The molecule has 0 spiro atoms. The predicted octanol–water partition coefficient (Wildman–Crippen LogP) is 2.03. The molecule has 4 rings (SSSR count). The van der Waals surface area contributed by atoms with Gasteiger partial charge in [0.15, 0.2) is 5.82 Å². The van der Waals surface area contributed by atoms with Crippen LogP contribution in [0.25, 0.3) is 5.69 Å². The van der Waals surface area contributed by atoms with E-state index >= 15 is 0 Å². The minimum Gasteiger partial charge on any atom is -0.317 e. The van der Waals surface area contributed by atoms with Crippen LogP contribution < -0.4 is 10.6 Å². The SMILES string of the molecule is Cc1cnn(-c2ccc(C(=O)Nc3nc(C4CCNCC4)nn3C)cc2)c1. The lowest BCUT2D eigenvalue weighted by atomic mass is 9.98. The van der Waals surface area contributed by atoms with Crippen LogP contribution in [-0.2, 0) is 7.05 Å². The Bertz CT molecular complexity index is 935. The van der Waals surface area contributed by atoms with Crippen molar-refractivity contribution in [1.82, 2.24) is 29.9 Å². The molecule has 0 unspecified atom stereocenters. The van der Waals surface area contributed by atoms with Crippen LogP contribution in [0, 0.1) is 6.92 Å². The predicted molar refractivity (Wildman–Crippen MR) is 102 cm³/mol. The second-order valence-electron chi connectivity index (χ2n) is 6.90. The number of aryl methyl sites for hydroxylation is 2. The number of piperidine rings is 1. The fourth-order valence-electron chi connectivity index (χ4n) is 3.26. The molecule has 0 bridgehead atoms. The van der Waals surface area contributed by atoms with Crippen molar-refractivity contribution >= 4 is 11.9 Å². The van der Waals surface area contributed by atoms with Crippen molar-refractivity contribution < 1.29 is 4.79 Å². The Morgan fingerprint density at radius 1 is 1.22 bits per heavy atom. The zero-order valence-electron chi connectivity index (χ0n) is 15.5. The molecule has 0 atom stereocenters. The van der Waals surface area contributed by atoms with Gasteiger partial charge in [-0.3, -0.25) is 10.1 Å². The fourth-order valence-corrected chi connectivity index (χ4v) is 3.26. The van der Waals surface area contributed by atoms with Crippen molar-refractivity contribution in [2.75, 3.05) is 18.4 Å². The van der Waals surface area contributed by atoms with E-state index in [1.165, 1.54) is 0 Å². The normalized spacial score (nSPS) is 15.0. The van der Waals surface area contributed by atoms with E-state index in [-0.39, 0.29) is 5.91 Å². The molecular formula is C19H23N7O. The Morgan fingerprint density at radius 2 is 1.96 bits per heavy atom. The van der Waals surface area contributed by atoms with Crippen molar-refractivity contribution in [3.8, 4) is 5.69 Å². The van der Waals surface area contributed by atoms with Gasteiger partial charge in [0.05, 0.1) is 11.9 Å². The summed E-state index contributed by atoms with van der Waals surface area (Å²) < 4.78 is 3.42. The highest BCUT2D eigenvalue weighted by molar-refractivity contribution is 6.03. The van der Waals surface area contributed by atoms with Gasteiger partial charge in [-0.15, -0.1) is 0 Å². The highest BCUT2D eigenvalue weighted by Gasteiger charge is 2.21. The maximum absolute atomic E-state index is 12.6. The summed E-state index contributed by atoms with van der Waals surface area (Å²) in [5.41, 5.74) is 2.56. The molecule has 1 saturated heterocycles. The quantitative estimate of drug-likeness (QED) is 0.738. The highest BCUT2D eigenvalue weighted by Crippen LogP contribution is 2.23. The maximum atomic E-state index is 12.6. The minimum absolute atomic E-state index is 0.203. The van der Waals surface area contributed by atoms with Gasteiger partial charge in [-0.1, -0.05) is 0 Å². The van der Waals surface area contributed by atoms with Crippen molar-refractivity contribution in [3.63, 3.8) is 0 Å². The number of nitrogens with one attached hydrogen (secondary N) is 2. The molecular weight excluding hydrogens is 342 g/mol. The molecule has 3 heterocycles. The molecule has 0 radical (unpaired) electrons. The van der Waals surface area contributed by atoms with Crippen LogP contribution in [0.1, 0.15) is 40.5 Å². The van der Waals surface area contributed by atoms with Crippen LogP contribution in [0.3, 0.4) is 0 Å². The molecule has 1 fully saturated rings. The lowest BCUT2D eigenvalue weighted by Gasteiger charge is -2.19. The first-order chi connectivity index (χ1) is 13.1. The summed E-state index contributed by atoms with van der Waals surface area (Å²) in [6, 6.07) is 7.31. The van der Waals surface area contributed by atoms with E-state index in [0.717, 1.165) is 43.0 Å². The molecule has 1 aliphatic heterocycles. The van der Waals surface area contributed by atoms with Gasteiger partial charge in [-0.25, -0.2) is 9.36 Å². The monoisotopic (exact) mass is 365 g/mol. The number of carbonyl (C=O) groups is 1. The van der Waals surface area contributed by atoms with Gasteiger partial charge in [0.1, 0.15) is 0 Å². The molecule has 1 amide bonds. The van der Waals surface area contributed by atoms with Crippen LogP contribution in [0.15, 0.2) is 36.7 Å². The van der Waals surface area contributed by atoms with E-state index in [0.29, 0.717) is 17.4 Å². The molecule has 3 aromatic rings. The number of benzene rings is 1. The summed E-state index contributed by atoms with van der Waals surface area (Å²) in [5, 5.41) is 15.0. The Kier molecular flexibility index (Phi) is 4.72. The van der Waals surface area contributed by atoms with Crippen LogP contribution in [0.4, 0.5) is 5.95 Å². The zero-order chi connectivity index (χ0) is 18.8. The van der Waals surface area contributed by atoms with Crippen molar-refractivity contribution in [2.24, 2.45) is 7.05 Å². The second kappa shape index (κ2) is 7.32. The van der Waals surface area contributed by atoms with Gasteiger partial charge in [0.2, 0.25) is 5.95 Å². The number of hydrogen-bond acceptors (Lipinski definition) is 5. The first kappa shape index (κ1) is 17.4. The summed E-state index contributed by atoms with van der Waals surface area (Å²) in [4.78, 5) is 17.1. The number of nitrogens with zero attached hydrogens (tertiary/aromatic N) is 5. The Labute approximate surface area is 157 Å². The van der Waals surface area contributed by atoms with Gasteiger partial charge in [-0.2, -0.15) is 15.2 Å². The van der Waals surface area contributed by atoms with Gasteiger partial charge < -0.3 is 5.32 Å². The van der Waals surface area contributed by atoms with Crippen LogP contribution in [-0.4, -0.2) is 43.5 Å². The zero-order valence-corrected chi connectivity index (χ0v) is 15.5. The van der Waals surface area contributed by atoms with Crippen molar-refractivity contribution in [1.29, 1.82) is 0 Å². The van der Waals surface area contributed by atoms with E-state index in [9.17, 15) is 4.79 Å². The first-order valence-corrected chi connectivity index (χ1v) is 9.15. The molecule has 27 heavy (non-hydrogen) atoms. The number of rotatable bonds is 4. The molecule has 8 heteroatoms. The van der Waals surface area contributed by atoms with Crippen LogP contribution >= 0.6 is 0 Å². The van der Waals surface area contributed by atoms with Crippen LogP contribution in [0.5, 0.6) is 0 Å². The van der Waals surface area contributed by atoms with E-state index in [1.54, 1.807) is 34.7 Å². The third-order valence-electron chi connectivity index (χ3n) is 4.81. The summed E-state index contributed by atoms with van der Waals surface area (Å²) in [6.07, 6.45) is 5.78. The number of carbonyl (C=O) groups excluding carboxylic acids is 1. The number of anilines is 1. The average Bonchev–Trinajstić information content (AvgIpc) is 3.29. The molecule has 0 saturated carbocycles. The second-order valence-corrected chi connectivity index (χ2v) is 6.90. The number of hydrogen-bond donors (Lipinski definition) is 2. The topological polar surface area (TPSA) is 89.7 Å². The largest absolute Gasteiger partial charge is 0.317 e. The molecule has 1 aliphatic rings. The van der Waals surface area contributed by atoms with E-state index in [4.69, 9.17) is 0 Å². The number of aromatic nitrogens is 5. The third-order valence-corrected chi connectivity index (χ3v) is 4.81. The van der Waals surface area contributed by atoms with Gasteiger partial charge in [-0.05, 0) is 62.7 Å². The molecule has 2 N–H and O–H groups in total. The summed E-state index contributed by atoms with van der Waals surface area (Å²) in [5.74, 6) is 1.42. The van der Waals surface area contributed by atoms with Gasteiger partial charge >= 0.3 is 0 Å². The Morgan fingerprint density at radius 3 is 2.63 bits per heavy atom. The molecule has 0 aliphatic carbocycles. The van der Waals surface area contributed by atoms with E-state index < -0.39 is 0 Å². The van der Waals surface area contributed by atoms with Gasteiger partial charge in [0, 0.05) is 24.7 Å². The Balaban J connectivity index is 1.46. The smallest absolute Gasteiger partial charge is 0.258 e. The van der Waals surface area contributed by atoms with E-state index in [2.05, 4.69) is 25.8 Å². The van der Waals surface area contributed by atoms with E-state index in [1.807, 2.05) is 25.3 Å². The average molecular weight is 365 g/mol. The Hall–Kier alpha value is -3.00. The van der Waals surface area contributed by atoms with Crippen molar-refractivity contribution in [3.05, 3.63) is 53.6 Å². The highest BCUT2D eigenvalue weighted by atomic mass is 16.1. The third kappa shape index (κ3) is 3.75. The summed E-state index contributed by atoms with van der Waals surface area (Å²) in [6.45, 7) is 3.95.